The first kappa shape index (κ1) is 27.1. The molecular formula is C23H35N5O6S. The third-order valence-electron chi connectivity index (χ3n) is 6.33. The molecule has 1 aliphatic heterocycles. The summed E-state index contributed by atoms with van der Waals surface area (Å²) in [5, 5.41) is 17.8. The van der Waals surface area contributed by atoms with Crippen molar-refractivity contribution in [2.24, 2.45) is 5.92 Å². The van der Waals surface area contributed by atoms with Gasteiger partial charge in [-0.1, -0.05) is 24.3 Å². The molecule has 0 radical (unpaired) electrons. The fourth-order valence-corrected chi connectivity index (χ4v) is 5.43. The number of methoxy groups -OCH3 is 1. The van der Waals surface area contributed by atoms with Gasteiger partial charge in [0.15, 0.2) is 0 Å². The van der Waals surface area contributed by atoms with Gasteiger partial charge in [-0.2, -0.15) is 4.31 Å². The molecule has 3 atom stereocenters. The molecule has 1 aliphatic rings. The van der Waals surface area contributed by atoms with Crippen LogP contribution in [0, 0.1) is 5.92 Å². The molecule has 0 unspecified atom stereocenters. The lowest BCUT2D eigenvalue weighted by Crippen LogP contribution is -2.47. The fourth-order valence-electron chi connectivity index (χ4n) is 4.10. The number of para-hydroxylation sites is 1. The first-order valence-electron chi connectivity index (χ1n) is 11.7. The molecule has 35 heavy (non-hydrogen) atoms. The van der Waals surface area contributed by atoms with Crippen molar-refractivity contribution in [3.05, 3.63) is 36.2 Å². The van der Waals surface area contributed by atoms with Crippen LogP contribution in [-0.2, 0) is 32.7 Å². The van der Waals surface area contributed by atoms with E-state index < -0.39 is 16.1 Å². The number of ether oxygens (including phenoxy) is 2. The Morgan fingerprint density at radius 1 is 1.34 bits per heavy atom. The van der Waals surface area contributed by atoms with Crippen LogP contribution < -0.4 is 4.74 Å². The van der Waals surface area contributed by atoms with E-state index in [-0.39, 0.29) is 48.3 Å². The number of hydrogen-bond acceptors (Lipinski definition) is 8. The second-order valence-electron chi connectivity index (χ2n) is 8.89. The first-order valence-corrected chi connectivity index (χ1v) is 13.1. The number of sulfonamides is 1. The van der Waals surface area contributed by atoms with Crippen LogP contribution in [0.1, 0.15) is 32.4 Å². The fraction of sp³-hybridized carbons (Fsp3) is 0.609. The number of carbonyl (C=O) groups excluding carboxylic acids is 1. The van der Waals surface area contributed by atoms with Gasteiger partial charge in [-0.15, -0.1) is 5.10 Å². The van der Waals surface area contributed by atoms with E-state index in [1.54, 1.807) is 40.9 Å². The number of benzene rings is 1. The van der Waals surface area contributed by atoms with Crippen molar-refractivity contribution < 1.29 is 27.8 Å². The van der Waals surface area contributed by atoms with Crippen LogP contribution >= 0.6 is 0 Å². The summed E-state index contributed by atoms with van der Waals surface area (Å²) in [5.41, 5.74) is 0.756. The molecule has 2 heterocycles. The molecule has 2 aromatic rings. The van der Waals surface area contributed by atoms with Gasteiger partial charge in [-0.25, -0.2) is 13.1 Å². The number of likely N-dealkylation sites (N-methyl/N-ethyl adjacent to an activating group) is 1. The van der Waals surface area contributed by atoms with Gasteiger partial charge in [-0.3, -0.25) is 4.79 Å². The van der Waals surface area contributed by atoms with E-state index in [1.807, 2.05) is 6.92 Å². The summed E-state index contributed by atoms with van der Waals surface area (Å²) >= 11 is 0. The van der Waals surface area contributed by atoms with Crippen LogP contribution in [0.2, 0.25) is 0 Å². The summed E-state index contributed by atoms with van der Waals surface area (Å²) in [4.78, 5) is 14.7. The second-order valence-corrected chi connectivity index (χ2v) is 10.9. The van der Waals surface area contributed by atoms with Crippen molar-refractivity contribution in [2.75, 3.05) is 33.9 Å². The van der Waals surface area contributed by atoms with E-state index >= 15 is 0 Å². The van der Waals surface area contributed by atoms with Gasteiger partial charge < -0.3 is 19.5 Å². The Morgan fingerprint density at radius 2 is 2.09 bits per heavy atom. The van der Waals surface area contributed by atoms with Gasteiger partial charge in [0.1, 0.15) is 10.6 Å². The predicted octanol–water partition coefficient (Wildman–Crippen LogP) is 1.13. The summed E-state index contributed by atoms with van der Waals surface area (Å²) in [7, 11) is -0.945. The molecule has 1 amide bonds. The Labute approximate surface area is 206 Å². The Balaban J connectivity index is 1.89. The van der Waals surface area contributed by atoms with Gasteiger partial charge in [0.2, 0.25) is 15.9 Å². The second kappa shape index (κ2) is 11.9. The lowest BCUT2D eigenvalue weighted by Gasteiger charge is -2.35. The van der Waals surface area contributed by atoms with E-state index in [4.69, 9.17) is 9.47 Å². The average Bonchev–Trinajstić information content (AvgIpc) is 3.30. The van der Waals surface area contributed by atoms with Crippen LogP contribution in [0.25, 0.3) is 0 Å². The monoisotopic (exact) mass is 509 g/mol. The molecule has 1 N–H and O–H groups in total. The molecule has 3 rings (SSSR count). The molecule has 0 spiro atoms. The molecule has 12 heteroatoms. The number of aromatic nitrogens is 3. The van der Waals surface area contributed by atoms with Crippen LogP contribution in [0.5, 0.6) is 5.75 Å². The third-order valence-corrected chi connectivity index (χ3v) is 8.20. The highest BCUT2D eigenvalue weighted by Crippen LogP contribution is 2.27. The van der Waals surface area contributed by atoms with E-state index in [0.29, 0.717) is 25.9 Å². The van der Waals surface area contributed by atoms with Crippen LogP contribution in [0.4, 0.5) is 0 Å². The zero-order valence-corrected chi connectivity index (χ0v) is 21.5. The van der Waals surface area contributed by atoms with Gasteiger partial charge >= 0.3 is 0 Å². The summed E-state index contributed by atoms with van der Waals surface area (Å²) < 4.78 is 41.2. The Hall–Kier alpha value is -2.54. The number of aryl methyl sites for hydroxylation is 1. The minimum absolute atomic E-state index is 0.0542. The molecule has 0 fully saturated rings. The first-order chi connectivity index (χ1) is 16.7. The summed E-state index contributed by atoms with van der Waals surface area (Å²) in [6.45, 7) is 4.63. The summed E-state index contributed by atoms with van der Waals surface area (Å²) in [6, 6.07) is 6.09. The molecule has 0 saturated carbocycles. The van der Waals surface area contributed by atoms with Crippen molar-refractivity contribution in [3.8, 4) is 5.75 Å². The predicted molar refractivity (Wildman–Crippen MR) is 128 cm³/mol. The topological polar surface area (TPSA) is 127 Å². The number of rotatable bonds is 7. The normalized spacial score (nSPS) is 21.2. The molecular weight excluding hydrogens is 474 g/mol. The highest BCUT2D eigenvalue weighted by atomic mass is 32.2. The molecule has 0 bridgehead atoms. The number of nitrogens with zero attached hydrogens (tertiary/aromatic N) is 5. The van der Waals surface area contributed by atoms with Crippen molar-refractivity contribution in [1.82, 2.24) is 24.2 Å². The van der Waals surface area contributed by atoms with Crippen LogP contribution in [0.3, 0.4) is 0 Å². The van der Waals surface area contributed by atoms with Gasteiger partial charge in [0.05, 0.1) is 44.4 Å². The van der Waals surface area contributed by atoms with Crippen molar-refractivity contribution in [3.63, 3.8) is 0 Å². The summed E-state index contributed by atoms with van der Waals surface area (Å²) in [5.74, 6) is -0.0445. The minimum atomic E-state index is -3.87. The molecule has 194 valence electrons. The smallest absolute Gasteiger partial charge is 0.246 e. The maximum absolute atomic E-state index is 13.4. The molecule has 0 saturated heterocycles. The summed E-state index contributed by atoms with van der Waals surface area (Å²) in [6.07, 6.45) is 1.96. The number of carbonyl (C=O) groups is 1. The molecule has 1 aromatic carbocycles. The number of aliphatic hydroxyl groups is 1. The van der Waals surface area contributed by atoms with E-state index in [0.717, 1.165) is 5.69 Å². The maximum atomic E-state index is 13.4. The zero-order valence-electron chi connectivity index (χ0n) is 20.7. The van der Waals surface area contributed by atoms with Gasteiger partial charge in [0, 0.05) is 39.0 Å². The van der Waals surface area contributed by atoms with Crippen LogP contribution in [-0.4, -0.2) is 89.6 Å². The van der Waals surface area contributed by atoms with Crippen molar-refractivity contribution in [1.29, 1.82) is 0 Å². The van der Waals surface area contributed by atoms with Gasteiger partial charge in [0.25, 0.3) is 0 Å². The van der Waals surface area contributed by atoms with E-state index in [2.05, 4.69) is 10.3 Å². The standard InChI is InChI=1S/C23H35N5O6S/c1-17-13-27(18(2)15-29)23(30)10-7-11-28-19(12-24-25-28)16-34-21(17)14-26(3)35(31,32)22-9-6-5-8-20(22)33-4/h5-6,8-9,12,17-18,21,29H,7,10-11,13-16H2,1-4H3/t17-,18+,21+/m0/s1. The third kappa shape index (κ3) is 6.37. The number of amides is 1. The van der Waals surface area contributed by atoms with E-state index in [1.165, 1.54) is 24.5 Å². The lowest BCUT2D eigenvalue weighted by molar-refractivity contribution is -0.136. The number of fused-ring (bicyclic) bond motifs is 1. The minimum Gasteiger partial charge on any atom is -0.495 e. The maximum Gasteiger partial charge on any atom is 0.246 e. The highest BCUT2D eigenvalue weighted by molar-refractivity contribution is 7.89. The highest BCUT2D eigenvalue weighted by Gasteiger charge is 2.32. The van der Waals surface area contributed by atoms with Crippen molar-refractivity contribution >= 4 is 15.9 Å². The van der Waals surface area contributed by atoms with Crippen LogP contribution in [0.15, 0.2) is 35.4 Å². The lowest BCUT2D eigenvalue weighted by atomic mass is 10.0. The quantitative estimate of drug-likeness (QED) is 0.589. The molecule has 11 nitrogen and oxygen atoms in total. The Bertz CT molecular complexity index is 1090. The molecule has 0 aliphatic carbocycles. The average molecular weight is 510 g/mol. The van der Waals surface area contributed by atoms with Gasteiger partial charge in [-0.05, 0) is 25.5 Å². The largest absolute Gasteiger partial charge is 0.495 e. The zero-order chi connectivity index (χ0) is 25.6. The number of hydrogen-bond donors (Lipinski definition) is 1. The SMILES string of the molecule is COc1ccccc1S(=O)(=O)N(C)C[C@H]1OCc2cnnn2CCCC(=O)N([C@H](C)CO)C[C@@H]1C. The van der Waals surface area contributed by atoms with E-state index in [9.17, 15) is 18.3 Å². The van der Waals surface area contributed by atoms with Crippen molar-refractivity contribution in [2.45, 2.75) is 56.9 Å². The Kier molecular flexibility index (Phi) is 9.22. The number of aliphatic hydroxyl groups excluding tert-OH is 1. The molecule has 1 aromatic heterocycles. The Morgan fingerprint density at radius 3 is 2.80 bits per heavy atom.